The second kappa shape index (κ2) is 11.8. The molecule has 2 amide bonds. The SMILES string of the molecule is CC(=O)N1CCC(C(=O)N(C)c2cccc(C(C)Nc3ccccc3Oc3ccc(I)cc3)c2)CC1. The average molecular weight is 597 g/mol. The molecule has 0 aromatic heterocycles. The second-order valence-electron chi connectivity index (χ2n) is 9.19. The van der Waals surface area contributed by atoms with Crippen LogP contribution < -0.4 is 15.0 Å². The first-order chi connectivity index (χ1) is 17.3. The summed E-state index contributed by atoms with van der Waals surface area (Å²) in [5.41, 5.74) is 2.84. The zero-order valence-electron chi connectivity index (χ0n) is 20.9. The summed E-state index contributed by atoms with van der Waals surface area (Å²) in [5, 5.41) is 3.57. The summed E-state index contributed by atoms with van der Waals surface area (Å²) in [6.45, 7) is 4.97. The van der Waals surface area contributed by atoms with Gasteiger partial charge in [-0.3, -0.25) is 9.59 Å². The summed E-state index contributed by atoms with van der Waals surface area (Å²) < 4.78 is 7.30. The maximum atomic E-state index is 13.2. The van der Waals surface area contributed by atoms with Crippen LogP contribution in [0, 0.1) is 9.49 Å². The van der Waals surface area contributed by atoms with Crippen LogP contribution in [0.15, 0.2) is 72.8 Å². The number of para-hydroxylation sites is 2. The summed E-state index contributed by atoms with van der Waals surface area (Å²) in [4.78, 5) is 28.3. The molecular weight excluding hydrogens is 565 g/mol. The summed E-state index contributed by atoms with van der Waals surface area (Å²) in [7, 11) is 1.83. The van der Waals surface area contributed by atoms with Gasteiger partial charge in [0.25, 0.3) is 0 Å². The fourth-order valence-electron chi connectivity index (χ4n) is 4.47. The molecule has 1 N–H and O–H groups in total. The highest BCUT2D eigenvalue weighted by Gasteiger charge is 2.28. The van der Waals surface area contributed by atoms with E-state index in [9.17, 15) is 9.59 Å². The number of carbonyl (C=O) groups excluding carboxylic acids is 2. The van der Waals surface area contributed by atoms with Gasteiger partial charge in [-0.05, 0) is 96.5 Å². The van der Waals surface area contributed by atoms with E-state index in [1.165, 1.54) is 0 Å². The molecule has 188 valence electrons. The van der Waals surface area contributed by atoms with Crippen molar-refractivity contribution in [3.63, 3.8) is 0 Å². The van der Waals surface area contributed by atoms with Crippen LogP contribution >= 0.6 is 22.6 Å². The molecule has 0 radical (unpaired) electrons. The number of likely N-dealkylation sites (tertiary alicyclic amines) is 1. The number of benzene rings is 3. The van der Waals surface area contributed by atoms with Crippen molar-refractivity contribution in [2.45, 2.75) is 32.7 Å². The third kappa shape index (κ3) is 6.37. The maximum Gasteiger partial charge on any atom is 0.229 e. The lowest BCUT2D eigenvalue weighted by atomic mass is 9.95. The number of amides is 2. The first-order valence-corrected chi connectivity index (χ1v) is 13.3. The van der Waals surface area contributed by atoms with Gasteiger partial charge in [-0.25, -0.2) is 0 Å². The summed E-state index contributed by atoms with van der Waals surface area (Å²) in [5.74, 6) is 1.66. The molecule has 1 atom stereocenters. The highest BCUT2D eigenvalue weighted by molar-refractivity contribution is 14.1. The smallest absolute Gasteiger partial charge is 0.229 e. The molecule has 1 aliphatic rings. The predicted molar refractivity (Wildman–Crippen MR) is 153 cm³/mol. The number of nitrogens with one attached hydrogen (secondary N) is 1. The molecular formula is C29H32IN3O3. The van der Waals surface area contributed by atoms with E-state index in [1.54, 1.807) is 11.8 Å². The van der Waals surface area contributed by atoms with Crippen molar-refractivity contribution in [2.24, 2.45) is 5.92 Å². The fraction of sp³-hybridized carbons (Fsp3) is 0.310. The lowest BCUT2D eigenvalue weighted by Gasteiger charge is -2.32. The van der Waals surface area contributed by atoms with Crippen molar-refractivity contribution in [3.05, 3.63) is 81.9 Å². The molecule has 6 nitrogen and oxygen atoms in total. The Bertz CT molecular complexity index is 1210. The quantitative estimate of drug-likeness (QED) is 0.317. The van der Waals surface area contributed by atoms with Gasteiger partial charge in [0.15, 0.2) is 5.75 Å². The molecule has 1 aliphatic heterocycles. The number of carbonyl (C=O) groups is 2. The zero-order chi connectivity index (χ0) is 25.7. The van der Waals surface area contributed by atoms with Crippen LogP contribution in [0.5, 0.6) is 11.5 Å². The Balaban J connectivity index is 1.44. The first kappa shape index (κ1) is 26.0. The van der Waals surface area contributed by atoms with Gasteiger partial charge in [0.05, 0.1) is 5.69 Å². The number of nitrogens with zero attached hydrogens (tertiary/aromatic N) is 2. The van der Waals surface area contributed by atoms with E-state index in [0.717, 1.165) is 32.0 Å². The van der Waals surface area contributed by atoms with Crippen molar-refractivity contribution in [1.29, 1.82) is 0 Å². The van der Waals surface area contributed by atoms with Crippen molar-refractivity contribution >= 4 is 45.8 Å². The van der Waals surface area contributed by atoms with E-state index in [2.05, 4.69) is 47.0 Å². The van der Waals surface area contributed by atoms with Crippen LogP contribution in [-0.4, -0.2) is 36.9 Å². The molecule has 1 heterocycles. The Kier molecular flexibility index (Phi) is 8.51. The topological polar surface area (TPSA) is 61.9 Å². The largest absolute Gasteiger partial charge is 0.455 e. The van der Waals surface area contributed by atoms with Gasteiger partial charge in [0.2, 0.25) is 11.8 Å². The van der Waals surface area contributed by atoms with Crippen LogP contribution in [-0.2, 0) is 9.59 Å². The third-order valence-electron chi connectivity index (χ3n) is 6.68. The van der Waals surface area contributed by atoms with Crippen LogP contribution in [0.3, 0.4) is 0 Å². The first-order valence-electron chi connectivity index (χ1n) is 12.2. The van der Waals surface area contributed by atoms with Crippen LogP contribution in [0.1, 0.15) is 38.3 Å². The van der Waals surface area contributed by atoms with Gasteiger partial charge in [-0.15, -0.1) is 0 Å². The summed E-state index contributed by atoms with van der Waals surface area (Å²) in [6, 6.07) is 23.9. The van der Waals surface area contributed by atoms with Crippen molar-refractivity contribution in [2.75, 3.05) is 30.4 Å². The van der Waals surface area contributed by atoms with Crippen molar-refractivity contribution in [3.8, 4) is 11.5 Å². The van der Waals surface area contributed by atoms with E-state index < -0.39 is 0 Å². The standard InChI is InChI=1S/C29H32IN3O3/c1-20(31-27-9-4-5-10-28(27)36-26-13-11-24(30)12-14-26)23-7-6-8-25(19-23)32(3)29(35)22-15-17-33(18-16-22)21(2)34/h4-14,19-20,22,31H,15-18H2,1-3H3. The molecule has 0 spiro atoms. The minimum absolute atomic E-state index is 0.00581. The molecule has 7 heteroatoms. The molecule has 1 saturated heterocycles. The van der Waals surface area contributed by atoms with E-state index in [1.807, 2.05) is 72.6 Å². The van der Waals surface area contributed by atoms with Gasteiger partial charge in [-0.1, -0.05) is 24.3 Å². The lowest BCUT2D eigenvalue weighted by molar-refractivity contribution is -0.133. The van der Waals surface area contributed by atoms with E-state index in [0.29, 0.717) is 25.9 Å². The molecule has 1 fully saturated rings. The van der Waals surface area contributed by atoms with Gasteiger partial charge in [-0.2, -0.15) is 0 Å². The molecule has 0 aliphatic carbocycles. The molecule has 36 heavy (non-hydrogen) atoms. The number of hydrogen-bond acceptors (Lipinski definition) is 4. The highest BCUT2D eigenvalue weighted by atomic mass is 127. The average Bonchev–Trinajstić information content (AvgIpc) is 2.90. The van der Waals surface area contributed by atoms with Crippen molar-refractivity contribution < 1.29 is 14.3 Å². The fourth-order valence-corrected chi connectivity index (χ4v) is 4.83. The molecule has 1 unspecified atom stereocenters. The molecule has 0 saturated carbocycles. The van der Waals surface area contributed by atoms with Crippen LogP contribution in [0.25, 0.3) is 0 Å². The third-order valence-corrected chi connectivity index (χ3v) is 7.40. The predicted octanol–water partition coefficient (Wildman–Crippen LogP) is 6.48. The highest BCUT2D eigenvalue weighted by Crippen LogP contribution is 2.33. The molecule has 4 rings (SSSR count). The Morgan fingerprint density at radius 1 is 1.03 bits per heavy atom. The van der Waals surface area contributed by atoms with E-state index in [4.69, 9.17) is 4.74 Å². The van der Waals surface area contributed by atoms with Crippen LogP contribution in [0.2, 0.25) is 0 Å². The normalized spacial score (nSPS) is 14.7. The minimum atomic E-state index is -0.0601. The number of ether oxygens (including phenoxy) is 1. The minimum Gasteiger partial charge on any atom is -0.455 e. The Morgan fingerprint density at radius 2 is 1.72 bits per heavy atom. The summed E-state index contributed by atoms with van der Waals surface area (Å²) in [6.07, 6.45) is 1.41. The number of hydrogen-bond donors (Lipinski definition) is 1. The monoisotopic (exact) mass is 597 g/mol. The van der Waals surface area contributed by atoms with Crippen molar-refractivity contribution in [1.82, 2.24) is 4.90 Å². The van der Waals surface area contributed by atoms with Crippen LogP contribution in [0.4, 0.5) is 11.4 Å². The van der Waals surface area contributed by atoms with Gasteiger partial charge in [0.1, 0.15) is 5.75 Å². The summed E-state index contributed by atoms with van der Waals surface area (Å²) >= 11 is 2.28. The number of anilines is 2. The molecule has 3 aromatic rings. The van der Waals surface area contributed by atoms with Gasteiger partial charge < -0.3 is 19.9 Å². The Labute approximate surface area is 226 Å². The van der Waals surface area contributed by atoms with E-state index >= 15 is 0 Å². The number of halogens is 1. The van der Waals surface area contributed by atoms with Gasteiger partial charge >= 0.3 is 0 Å². The Morgan fingerprint density at radius 3 is 2.42 bits per heavy atom. The number of piperidine rings is 1. The van der Waals surface area contributed by atoms with E-state index in [-0.39, 0.29) is 23.8 Å². The Hall–Kier alpha value is -3.07. The number of rotatable bonds is 7. The second-order valence-corrected chi connectivity index (χ2v) is 10.4. The molecule has 0 bridgehead atoms. The zero-order valence-corrected chi connectivity index (χ0v) is 23.1. The van der Waals surface area contributed by atoms with Gasteiger partial charge in [0, 0.05) is 48.3 Å². The maximum absolute atomic E-state index is 13.2. The molecule has 3 aromatic carbocycles. The lowest BCUT2D eigenvalue weighted by Crippen LogP contribution is -2.42.